The van der Waals surface area contributed by atoms with E-state index in [0.29, 0.717) is 29.2 Å². The van der Waals surface area contributed by atoms with E-state index in [9.17, 15) is 0 Å². The van der Waals surface area contributed by atoms with Gasteiger partial charge in [-0.2, -0.15) is 0 Å². The highest BCUT2D eigenvalue weighted by Crippen LogP contribution is 2.45. The minimum atomic E-state index is 0. The van der Waals surface area contributed by atoms with E-state index in [2.05, 4.69) is 29.5 Å². The number of ether oxygens (including phenoxy) is 3. The first kappa shape index (κ1) is 24.7. The predicted octanol–water partition coefficient (Wildman–Crippen LogP) is 4.21. The normalized spacial score (nSPS) is 15.3. The first-order valence-corrected chi connectivity index (χ1v) is 9.70. The summed E-state index contributed by atoms with van der Waals surface area (Å²) in [6.45, 7) is 6.20. The fourth-order valence-corrected chi connectivity index (χ4v) is 3.91. The van der Waals surface area contributed by atoms with E-state index in [1.54, 1.807) is 28.4 Å². The summed E-state index contributed by atoms with van der Waals surface area (Å²) in [5.41, 5.74) is 1.46. The van der Waals surface area contributed by atoms with Crippen LogP contribution in [0.1, 0.15) is 45.1 Å². The van der Waals surface area contributed by atoms with Gasteiger partial charge in [0.2, 0.25) is 5.75 Å². The number of aliphatic imine (C=N–C) groups is 1. The topological polar surface area (TPSA) is 64.1 Å². The van der Waals surface area contributed by atoms with Gasteiger partial charge in [0.25, 0.3) is 0 Å². The molecule has 28 heavy (non-hydrogen) atoms. The molecule has 0 saturated heterocycles. The van der Waals surface area contributed by atoms with Crippen LogP contribution >= 0.6 is 24.0 Å². The molecule has 2 N–H and O–H groups in total. The zero-order valence-electron chi connectivity index (χ0n) is 18.1. The Bertz CT molecular complexity index is 621. The van der Waals surface area contributed by atoms with Gasteiger partial charge in [-0.1, -0.05) is 20.3 Å². The van der Waals surface area contributed by atoms with Crippen LogP contribution in [-0.4, -0.2) is 40.9 Å². The summed E-state index contributed by atoms with van der Waals surface area (Å²) in [6.07, 6.45) is 5.22. The van der Waals surface area contributed by atoms with Crippen molar-refractivity contribution in [2.45, 2.75) is 46.1 Å². The van der Waals surface area contributed by atoms with Crippen LogP contribution in [0.2, 0.25) is 0 Å². The van der Waals surface area contributed by atoms with Gasteiger partial charge in [-0.3, -0.25) is 4.99 Å². The number of methoxy groups -OCH3 is 3. The zero-order valence-corrected chi connectivity index (χ0v) is 20.4. The Balaban J connectivity index is 0.00000392. The third kappa shape index (κ3) is 6.32. The molecule has 0 heterocycles. The van der Waals surface area contributed by atoms with Gasteiger partial charge >= 0.3 is 0 Å². The first-order chi connectivity index (χ1) is 13.0. The molecule has 1 aromatic carbocycles. The fourth-order valence-electron chi connectivity index (χ4n) is 3.91. The van der Waals surface area contributed by atoms with Gasteiger partial charge in [0, 0.05) is 20.1 Å². The Morgan fingerprint density at radius 1 is 1.07 bits per heavy atom. The van der Waals surface area contributed by atoms with Gasteiger partial charge in [-0.15, -0.1) is 24.0 Å². The van der Waals surface area contributed by atoms with Crippen molar-refractivity contribution in [1.82, 2.24) is 10.6 Å². The Morgan fingerprint density at radius 3 is 2.07 bits per heavy atom. The largest absolute Gasteiger partial charge is 0.493 e. The van der Waals surface area contributed by atoms with Crippen molar-refractivity contribution < 1.29 is 14.2 Å². The van der Waals surface area contributed by atoms with E-state index < -0.39 is 0 Å². The second-order valence-corrected chi connectivity index (χ2v) is 7.76. The summed E-state index contributed by atoms with van der Waals surface area (Å²) >= 11 is 0. The molecule has 2 rings (SSSR count). The average Bonchev–Trinajstić information content (AvgIpc) is 2.64. The Kier molecular flexibility index (Phi) is 10.2. The number of benzene rings is 1. The fraction of sp³-hybridized carbons (Fsp3) is 0.667. The van der Waals surface area contributed by atoms with Crippen LogP contribution in [0.5, 0.6) is 17.2 Å². The van der Waals surface area contributed by atoms with Crippen LogP contribution < -0.4 is 24.8 Å². The molecule has 6 nitrogen and oxygen atoms in total. The van der Waals surface area contributed by atoms with Gasteiger partial charge in [0.15, 0.2) is 17.5 Å². The van der Waals surface area contributed by atoms with Crippen LogP contribution in [0, 0.1) is 11.3 Å². The molecule has 1 aliphatic rings. The molecule has 1 saturated carbocycles. The van der Waals surface area contributed by atoms with Gasteiger partial charge in [-0.25, -0.2) is 0 Å². The van der Waals surface area contributed by atoms with Crippen molar-refractivity contribution >= 4 is 29.9 Å². The molecule has 0 aliphatic heterocycles. The minimum Gasteiger partial charge on any atom is -0.493 e. The van der Waals surface area contributed by atoms with Crippen molar-refractivity contribution in [3.63, 3.8) is 0 Å². The number of nitrogens with one attached hydrogen (secondary N) is 2. The molecule has 160 valence electrons. The number of hydrogen-bond donors (Lipinski definition) is 2. The molecular formula is C21H36IN3O3. The van der Waals surface area contributed by atoms with E-state index in [0.717, 1.165) is 24.0 Å². The van der Waals surface area contributed by atoms with Crippen LogP contribution in [0.15, 0.2) is 17.1 Å². The summed E-state index contributed by atoms with van der Waals surface area (Å²) in [7, 11) is 6.67. The quantitative estimate of drug-likeness (QED) is 0.299. The van der Waals surface area contributed by atoms with Gasteiger partial charge in [0.05, 0.1) is 21.3 Å². The number of hydrogen-bond acceptors (Lipinski definition) is 4. The number of halogens is 1. The molecule has 1 aliphatic carbocycles. The lowest BCUT2D eigenvalue weighted by molar-refractivity contribution is 0.104. The summed E-state index contributed by atoms with van der Waals surface area (Å²) in [4.78, 5) is 4.37. The molecule has 0 amide bonds. The van der Waals surface area contributed by atoms with Gasteiger partial charge in [0.1, 0.15) is 0 Å². The highest BCUT2D eigenvalue weighted by Gasteiger charge is 2.37. The van der Waals surface area contributed by atoms with Crippen LogP contribution in [-0.2, 0) is 6.54 Å². The zero-order chi connectivity index (χ0) is 19.9. The SMILES string of the molecule is CN=C(NCc1cc(OC)c(OC)c(OC)c1)NCC1(CC(C)C)CCC1.I. The van der Waals surface area contributed by atoms with Crippen LogP contribution in [0.4, 0.5) is 0 Å². The molecule has 1 aromatic rings. The third-order valence-electron chi connectivity index (χ3n) is 5.29. The predicted molar refractivity (Wildman–Crippen MR) is 125 cm³/mol. The monoisotopic (exact) mass is 505 g/mol. The Morgan fingerprint density at radius 2 is 1.68 bits per heavy atom. The van der Waals surface area contributed by atoms with Crippen LogP contribution in [0.25, 0.3) is 0 Å². The summed E-state index contributed by atoms with van der Waals surface area (Å²) in [5, 5.41) is 6.91. The van der Waals surface area contributed by atoms with Crippen molar-refractivity contribution in [1.29, 1.82) is 0 Å². The lowest BCUT2D eigenvalue weighted by atomic mass is 9.64. The standard InChI is InChI=1S/C21H35N3O3.HI/c1-15(2)12-21(8-7-9-21)14-24-20(22-3)23-13-16-10-17(25-4)19(27-6)18(11-16)26-5;/h10-11,15H,7-9,12-14H2,1-6H3,(H2,22,23,24);1H. The molecule has 0 unspecified atom stereocenters. The van der Waals surface area contributed by atoms with E-state index in [4.69, 9.17) is 14.2 Å². The van der Waals surface area contributed by atoms with Crippen molar-refractivity contribution in [3.05, 3.63) is 17.7 Å². The van der Waals surface area contributed by atoms with Crippen molar-refractivity contribution in [3.8, 4) is 17.2 Å². The highest BCUT2D eigenvalue weighted by molar-refractivity contribution is 14.0. The molecule has 0 radical (unpaired) electrons. The first-order valence-electron chi connectivity index (χ1n) is 9.70. The number of guanidine groups is 1. The molecule has 0 aromatic heterocycles. The summed E-state index contributed by atoms with van der Waals surface area (Å²) < 4.78 is 16.2. The van der Waals surface area contributed by atoms with Crippen molar-refractivity contribution in [2.75, 3.05) is 34.9 Å². The second kappa shape index (κ2) is 11.6. The molecule has 7 heteroatoms. The molecule has 0 atom stereocenters. The average molecular weight is 505 g/mol. The summed E-state index contributed by atoms with van der Waals surface area (Å²) in [5.74, 6) is 3.45. The van der Waals surface area contributed by atoms with Gasteiger partial charge in [-0.05, 0) is 48.3 Å². The molecular weight excluding hydrogens is 469 g/mol. The second-order valence-electron chi connectivity index (χ2n) is 7.76. The van der Waals surface area contributed by atoms with E-state index >= 15 is 0 Å². The maximum absolute atomic E-state index is 5.43. The van der Waals surface area contributed by atoms with E-state index in [-0.39, 0.29) is 24.0 Å². The molecule has 1 fully saturated rings. The van der Waals surface area contributed by atoms with E-state index in [1.807, 2.05) is 12.1 Å². The maximum Gasteiger partial charge on any atom is 0.203 e. The minimum absolute atomic E-state index is 0. The lowest BCUT2D eigenvalue weighted by Crippen LogP contribution is -2.46. The molecule has 0 bridgehead atoms. The van der Waals surface area contributed by atoms with Gasteiger partial charge < -0.3 is 24.8 Å². The maximum atomic E-state index is 5.43. The molecule has 0 spiro atoms. The Labute approximate surface area is 186 Å². The Hall–Kier alpha value is -1.38. The summed E-state index contributed by atoms with van der Waals surface area (Å²) in [6, 6.07) is 3.90. The lowest BCUT2D eigenvalue weighted by Gasteiger charge is -2.43. The smallest absolute Gasteiger partial charge is 0.203 e. The third-order valence-corrected chi connectivity index (χ3v) is 5.29. The van der Waals surface area contributed by atoms with Crippen LogP contribution in [0.3, 0.4) is 0 Å². The highest BCUT2D eigenvalue weighted by atomic mass is 127. The van der Waals surface area contributed by atoms with Crippen molar-refractivity contribution in [2.24, 2.45) is 16.3 Å². The number of nitrogens with zero attached hydrogens (tertiary/aromatic N) is 1. The number of rotatable bonds is 9. The van der Waals surface area contributed by atoms with E-state index in [1.165, 1.54) is 25.7 Å².